The zero-order valence-electron chi connectivity index (χ0n) is 12.0. The molecule has 1 amide bonds. The molecule has 1 aromatic carbocycles. The van der Waals surface area contributed by atoms with Crippen LogP contribution in [0.15, 0.2) is 28.7 Å². The molecule has 0 aliphatic heterocycles. The van der Waals surface area contributed by atoms with E-state index in [4.69, 9.17) is 4.74 Å². The van der Waals surface area contributed by atoms with Crippen LogP contribution in [0.4, 0.5) is 5.69 Å². The number of rotatable bonds is 8. The van der Waals surface area contributed by atoms with Crippen LogP contribution in [0.3, 0.4) is 0 Å². The molecule has 0 unspecified atom stereocenters. The van der Waals surface area contributed by atoms with Crippen molar-refractivity contribution < 1.29 is 17.9 Å². The van der Waals surface area contributed by atoms with Crippen molar-refractivity contribution >= 4 is 37.5 Å². The van der Waals surface area contributed by atoms with Crippen molar-refractivity contribution in [3.05, 3.63) is 28.7 Å². The largest absolute Gasteiger partial charge is 0.385 e. The number of amides is 1. The van der Waals surface area contributed by atoms with E-state index in [9.17, 15) is 13.2 Å². The summed E-state index contributed by atoms with van der Waals surface area (Å²) in [6, 6.07) is 7.10. The van der Waals surface area contributed by atoms with Gasteiger partial charge < -0.3 is 10.1 Å². The van der Waals surface area contributed by atoms with E-state index in [1.165, 1.54) is 0 Å². The van der Waals surface area contributed by atoms with Crippen LogP contribution in [0.25, 0.3) is 0 Å². The number of nitrogens with one attached hydrogen (secondary N) is 1. The van der Waals surface area contributed by atoms with Crippen molar-refractivity contribution in [3.63, 3.8) is 0 Å². The Labute approximate surface area is 133 Å². The van der Waals surface area contributed by atoms with Gasteiger partial charge in [0.25, 0.3) is 0 Å². The lowest BCUT2D eigenvalue weighted by Gasteiger charge is -2.19. The van der Waals surface area contributed by atoms with Gasteiger partial charge in [-0.15, -0.1) is 0 Å². The number of anilines is 1. The van der Waals surface area contributed by atoms with Crippen molar-refractivity contribution in [2.45, 2.75) is 6.42 Å². The standard InChI is InChI=1S/C13H19BrN2O4S/c1-20-8-4-7-16(21(2,18)19)10-13(17)15-12-6-3-5-11(14)9-12/h3,5-6,9H,4,7-8,10H2,1-2H3,(H,15,17). The molecule has 118 valence electrons. The van der Waals surface area contributed by atoms with E-state index in [-0.39, 0.29) is 19.0 Å². The number of carbonyl (C=O) groups excluding carboxylic acids is 1. The molecule has 0 aromatic heterocycles. The summed E-state index contributed by atoms with van der Waals surface area (Å²) in [6.45, 7) is 0.479. The number of carbonyl (C=O) groups is 1. The SMILES string of the molecule is COCCCN(CC(=O)Nc1cccc(Br)c1)S(C)(=O)=O. The number of benzene rings is 1. The van der Waals surface area contributed by atoms with E-state index in [1.54, 1.807) is 25.3 Å². The Balaban J connectivity index is 2.63. The maximum atomic E-state index is 11.9. The third-order valence-corrected chi connectivity index (χ3v) is 4.40. The van der Waals surface area contributed by atoms with Gasteiger partial charge in [0.05, 0.1) is 12.8 Å². The van der Waals surface area contributed by atoms with Gasteiger partial charge >= 0.3 is 0 Å². The highest BCUT2D eigenvalue weighted by Gasteiger charge is 2.19. The molecule has 0 aliphatic carbocycles. The van der Waals surface area contributed by atoms with Crippen LogP contribution in [-0.4, -0.2) is 51.7 Å². The summed E-state index contributed by atoms with van der Waals surface area (Å²) in [5, 5.41) is 2.67. The molecule has 8 heteroatoms. The quantitative estimate of drug-likeness (QED) is 0.698. The molecule has 1 N–H and O–H groups in total. The Morgan fingerprint density at radius 3 is 2.71 bits per heavy atom. The summed E-state index contributed by atoms with van der Waals surface area (Å²) < 4.78 is 30.2. The fourth-order valence-corrected chi connectivity index (χ4v) is 2.89. The summed E-state index contributed by atoms with van der Waals surface area (Å²) in [4.78, 5) is 11.9. The van der Waals surface area contributed by atoms with Crippen LogP contribution in [-0.2, 0) is 19.6 Å². The number of hydrogen-bond donors (Lipinski definition) is 1. The van der Waals surface area contributed by atoms with Crippen molar-refractivity contribution in [1.29, 1.82) is 0 Å². The van der Waals surface area contributed by atoms with Crippen molar-refractivity contribution in [3.8, 4) is 0 Å². The fraction of sp³-hybridized carbons (Fsp3) is 0.462. The molecular formula is C13H19BrN2O4S. The molecule has 0 spiro atoms. The zero-order valence-corrected chi connectivity index (χ0v) is 14.4. The smallest absolute Gasteiger partial charge is 0.239 e. The first kappa shape index (κ1) is 18.1. The molecule has 1 aromatic rings. The van der Waals surface area contributed by atoms with Gasteiger partial charge in [0.2, 0.25) is 15.9 Å². The lowest BCUT2D eigenvalue weighted by atomic mass is 10.3. The normalized spacial score (nSPS) is 11.6. The van der Waals surface area contributed by atoms with Gasteiger partial charge in [0.15, 0.2) is 0 Å². The van der Waals surface area contributed by atoms with Crippen LogP contribution in [0.5, 0.6) is 0 Å². The van der Waals surface area contributed by atoms with Crippen LogP contribution in [0.1, 0.15) is 6.42 Å². The minimum atomic E-state index is -3.43. The van der Waals surface area contributed by atoms with E-state index in [2.05, 4.69) is 21.2 Å². The second kappa shape index (κ2) is 8.47. The van der Waals surface area contributed by atoms with E-state index in [1.807, 2.05) is 6.07 Å². The van der Waals surface area contributed by atoms with Crippen LogP contribution >= 0.6 is 15.9 Å². The molecule has 0 fully saturated rings. The Hall–Kier alpha value is -0.960. The van der Waals surface area contributed by atoms with E-state index in [0.29, 0.717) is 18.7 Å². The second-order valence-corrected chi connectivity index (χ2v) is 7.40. The van der Waals surface area contributed by atoms with Gasteiger partial charge in [-0.05, 0) is 24.6 Å². The van der Waals surface area contributed by atoms with E-state index in [0.717, 1.165) is 15.0 Å². The lowest BCUT2D eigenvalue weighted by molar-refractivity contribution is -0.116. The van der Waals surface area contributed by atoms with Gasteiger partial charge in [-0.3, -0.25) is 4.79 Å². The number of halogens is 1. The van der Waals surface area contributed by atoms with Crippen LogP contribution in [0, 0.1) is 0 Å². The second-order valence-electron chi connectivity index (χ2n) is 4.50. The predicted molar refractivity (Wildman–Crippen MR) is 85.7 cm³/mol. The highest BCUT2D eigenvalue weighted by atomic mass is 79.9. The Morgan fingerprint density at radius 2 is 2.14 bits per heavy atom. The third kappa shape index (κ3) is 7.03. The number of hydrogen-bond acceptors (Lipinski definition) is 4. The fourth-order valence-electron chi connectivity index (χ4n) is 1.67. The van der Waals surface area contributed by atoms with Crippen LogP contribution < -0.4 is 5.32 Å². The van der Waals surface area contributed by atoms with Gasteiger partial charge in [-0.1, -0.05) is 22.0 Å². The van der Waals surface area contributed by atoms with Gasteiger partial charge in [0.1, 0.15) is 0 Å². The molecule has 0 saturated carbocycles. The molecule has 0 saturated heterocycles. The third-order valence-electron chi connectivity index (χ3n) is 2.65. The molecule has 0 heterocycles. The Kier molecular flexibility index (Phi) is 7.30. The molecule has 21 heavy (non-hydrogen) atoms. The summed E-state index contributed by atoms with van der Waals surface area (Å²) in [6.07, 6.45) is 1.62. The summed E-state index contributed by atoms with van der Waals surface area (Å²) in [5.74, 6) is -0.379. The molecule has 0 aliphatic rings. The molecule has 0 atom stereocenters. The summed E-state index contributed by atoms with van der Waals surface area (Å²) >= 11 is 3.31. The lowest BCUT2D eigenvalue weighted by Crippen LogP contribution is -2.38. The van der Waals surface area contributed by atoms with Crippen molar-refractivity contribution in [1.82, 2.24) is 4.31 Å². The van der Waals surface area contributed by atoms with E-state index >= 15 is 0 Å². The average molecular weight is 379 g/mol. The minimum Gasteiger partial charge on any atom is -0.385 e. The monoisotopic (exact) mass is 378 g/mol. The minimum absolute atomic E-state index is 0.213. The number of nitrogens with zero attached hydrogens (tertiary/aromatic N) is 1. The Bertz CT molecular complexity index is 577. The van der Waals surface area contributed by atoms with Crippen molar-refractivity contribution in [2.75, 3.05) is 38.4 Å². The zero-order chi connectivity index (χ0) is 15.9. The van der Waals surface area contributed by atoms with Gasteiger partial charge in [-0.2, -0.15) is 4.31 Å². The molecule has 0 radical (unpaired) electrons. The summed E-state index contributed by atoms with van der Waals surface area (Å²) in [5.41, 5.74) is 0.611. The maximum absolute atomic E-state index is 11.9. The average Bonchev–Trinajstić information content (AvgIpc) is 2.36. The highest BCUT2D eigenvalue weighted by Crippen LogP contribution is 2.15. The highest BCUT2D eigenvalue weighted by molar-refractivity contribution is 9.10. The van der Waals surface area contributed by atoms with Gasteiger partial charge in [0, 0.05) is 30.4 Å². The first-order chi connectivity index (χ1) is 9.82. The topological polar surface area (TPSA) is 75.7 Å². The number of methoxy groups -OCH3 is 1. The maximum Gasteiger partial charge on any atom is 0.239 e. The molecule has 0 bridgehead atoms. The predicted octanol–water partition coefficient (Wildman–Crippen LogP) is 1.69. The molecule has 1 rings (SSSR count). The van der Waals surface area contributed by atoms with Crippen LogP contribution in [0.2, 0.25) is 0 Å². The first-order valence-electron chi connectivity index (χ1n) is 6.32. The van der Waals surface area contributed by atoms with Gasteiger partial charge in [-0.25, -0.2) is 8.42 Å². The first-order valence-corrected chi connectivity index (χ1v) is 8.96. The number of sulfonamides is 1. The number of ether oxygens (including phenoxy) is 1. The molecule has 6 nitrogen and oxygen atoms in total. The van der Waals surface area contributed by atoms with Crippen molar-refractivity contribution in [2.24, 2.45) is 0 Å². The Morgan fingerprint density at radius 1 is 1.43 bits per heavy atom. The summed E-state index contributed by atoms with van der Waals surface area (Å²) in [7, 11) is -1.89. The molecular weight excluding hydrogens is 360 g/mol. The van der Waals surface area contributed by atoms with E-state index < -0.39 is 10.0 Å².